The molecule has 1 unspecified atom stereocenters. The number of aryl methyl sites for hydroxylation is 1. The molecule has 1 atom stereocenters. The Morgan fingerprint density at radius 3 is 2.68 bits per heavy atom. The van der Waals surface area contributed by atoms with Gasteiger partial charge in [-0.1, -0.05) is 41.7 Å². The van der Waals surface area contributed by atoms with E-state index in [-0.39, 0.29) is 0 Å². The van der Waals surface area contributed by atoms with Gasteiger partial charge in [-0.25, -0.2) is 0 Å². The van der Waals surface area contributed by atoms with E-state index in [1.165, 1.54) is 16.9 Å². The molecule has 0 saturated carbocycles. The Hall–Kier alpha value is -1.46. The average Bonchev–Trinajstić information content (AvgIpc) is 2.83. The SMILES string of the molecule is CC(CCc1ccccc1)NCCc1nnc(N)s1. The highest BCUT2D eigenvalue weighted by molar-refractivity contribution is 7.15. The van der Waals surface area contributed by atoms with Gasteiger partial charge in [-0.15, -0.1) is 10.2 Å². The van der Waals surface area contributed by atoms with Crippen LogP contribution in [0.1, 0.15) is 23.9 Å². The molecule has 1 heterocycles. The molecule has 0 radical (unpaired) electrons. The first-order chi connectivity index (χ1) is 9.24. The summed E-state index contributed by atoms with van der Waals surface area (Å²) >= 11 is 1.47. The first-order valence-electron chi connectivity index (χ1n) is 6.59. The van der Waals surface area contributed by atoms with Crippen LogP contribution >= 0.6 is 11.3 Å². The smallest absolute Gasteiger partial charge is 0.203 e. The minimum absolute atomic E-state index is 0.505. The van der Waals surface area contributed by atoms with Gasteiger partial charge in [-0.05, 0) is 25.3 Å². The van der Waals surface area contributed by atoms with E-state index >= 15 is 0 Å². The van der Waals surface area contributed by atoms with Gasteiger partial charge in [0.25, 0.3) is 0 Å². The minimum atomic E-state index is 0.505. The van der Waals surface area contributed by atoms with Crippen LogP contribution in [0.5, 0.6) is 0 Å². The van der Waals surface area contributed by atoms with Crippen molar-refractivity contribution >= 4 is 16.5 Å². The van der Waals surface area contributed by atoms with Crippen molar-refractivity contribution in [2.24, 2.45) is 0 Å². The molecule has 0 saturated heterocycles. The molecule has 0 bridgehead atoms. The fourth-order valence-corrected chi connectivity index (χ4v) is 2.53. The van der Waals surface area contributed by atoms with Gasteiger partial charge in [0, 0.05) is 19.0 Å². The minimum Gasteiger partial charge on any atom is -0.374 e. The molecule has 2 rings (SSSR count). The van der Waals surface area contributed by atoms with Crippen molar-refractivity contribution in [3.63, 3.8) is 0 Å². The van der Waals surface area contributed by atoms with E-state index in [2.05, 4.69) is 52.8 Å². The number of hydrogen-bond acceptors (Lipinski definition) is 5. The Bertz CT molecular complexity index is 483. The summed E-state index contributed by atoms with van der Waals surface area (Å²) in [7, 11) is 0. The van der Waals surface area contributed by atoms with E-state index in [0.29, 0.717) is 11.2 Å². The lowest BCUT2D eigenvalue weighted by atomic mass is 10.1. The highest BCUT2D eigenvalue weighted by Crippen LogP contribution is 2.11. The van der Waals surface area contributed by atoms with Crippen LogP contribution in [0.3, 0.4) is 0 Å². The lowest BCUT2D eigenvalue weighted by Crippen LogP contribution is -2.28. The molecule has 5 heteroatoms. The summed E-state index contributed by atoms with van der Waals surface area (Å²) < 4.78 is 0. The first-order valence-corrected chi connectivity index (χ1v) is 7.41. The van der Waals surface area contributed by atoms with E-state index in [0.717, 1.165) is 30.8 Å². The maximum Gasteiger partial charge on any atom is 0.203 e. The Morgan fingerprint density at radius 1 is 1.21 bits per heavy atom. The van der Waals surface area contributed by atoms with Crippen molar-refractivity contribution in [1.82, 2.24) is 15.5 Å². The average molecular weight is 276 g/mol. The summed E-state index contributed by atoms with van der Waals surface area (Å²) in [5, 5.41) is 12.9. The maximum absolute atomic E-state index is 5.55. The van der Waals surface area contributed by atoms with E-state index in [1.54, 1.807) is 0 Å². The molecule has 0 fully saturated rings. The Labute approximate surface area is 118 Å². The highest BCUT2D eigenvalue weighted by Gasteiger charge is 2.04. The number of nitrogen functional groups attached to an aromatic ring is 1. The molecule has 0 aliphatic rings. The number of rotatable bonds is 7. The van der Waals surface area contributed by atoms with Crippen molar-refractivity contribution in [3.05, 3.63) is 40.9 Å². The molecule has 0 amide bonds. The van der Waals surface area contributed by atoms with Crippen molar-refractivity contribution < 1.29 is 0 Å². The molecule has 3 N–H and O–H groups in total. The van der Waals surface area contributed by atoms with Gasteiger partial charge < -0.3 is 11.1 Å². The van der Waals surface area contributed by atoms with Gasteiger partial charge in [0.15, 0.2) is 0 Å². The predicted molar refractivity (Wildman–Crippen MR) is 80.3 cm³/mol. The lowest BCUT2D eigenvalue weighted by molar-refractivity contribution is 0.517. The molecule has 2 aromatic rings. The van der Waals surface area contributed by atoms with Gasteiger partial charge >= 0.3 is 0 Å². The molecule has 4 nitrogen and oxygen atoms in total. The second kappa shape index (κ2) is 7.21. The lowest BCUT2D eigenvalue weighted by Gasteiger charge is -2.13. The van der Waals surface area contributed by atoms with Gasteiger partial charge in [0.2, 0.25) is 5.13 Å². The van der Waals surface area contributed by atoms with E-state index < -0.39 is 0 Å². The summed E-state index contributed by atoms with van der Waals surface area (Å²) in [6.45, 7) is 3.14. The zero-order chi connectivity index (χ0) is 13.5. The molecule has 0 aliphatic carbocycles. The molecular weight excluding hydrogens is 256 g/mol. The Morgan fingerprint density at radius 2 is 2.00 bits per heavy atom. The number of hydrogen-bond donors (Lipinski definition) is 2. The van der Waals surface area contributed by atoms with E-state index in [1.807, 2.05) is 0 Å². The summed E-state index contributed by atoms with van der Waals surface area (Å²) in [5.41, 5.74) is 6.94. The van der Waals surface area contributed by atoms with Crippen molar-refractivity contribution in [3.8, 4) is 0 Å². The standard InChI is InChI=1S/C14H20N4S/c1-11(7-8-12-5-3-2-4-6-12)16-10-9-13-17-18-14(15)19-13/h2-6,11,16H,7-10H2,1H3,(H2,15,18). The summed E-state index contributed by atoms with van der Waals surface area (Å²) in [6.07, 6.45) is 3.15. The highest BCUT2D eigenvalue weighted by atomic mass is 32.1. The van der Waals surface area contributed by atoms with Crippen molar-refractivity contribution in [2.75, 3.05) is 12.3 Å². The third-order valence-corrected chi connectivity index (χ3v) is 3.84. The van der Waals surface area contributed by atoms with Crippen molar-refractivity contribution in [2.45, 2.75) is 32.2 Å². The second-order valence-corrected chi connectivity index (χ2v) is 5.76. The van der Waals surface area contributed by atoms with Gasteiger partial charge in [-0.3, -0.25) is 0 Å². The summed E-state index contributed by atoms with van der Waals surface area (Å²) in [4.78, 5) is 0. The van der Waals surface area contributed by atoms with Crippen LogP contribution < -0.4 is 11.1 Å². The molecule has 1 aromatic carbocycles. The summed E-state index contributed by atoms with van der Waals surface area (Å²) in [6, 6.07) is 11.1. The third-order valence-electron chi connectivity index (χ3n) is 3.02. The topological polar surface area (TPSA) is 63.8 Å². The molecule has 19 heavy (non-hydrogen) atoms. The normalized spacial score (nSPS) is 12.5. The number of anilines is 1. The van der Waals surface area contributed by atoms with Crippen LogP contribution in [0.4, 0.5) is 5.13 Å². The monoisotopic (exact) mass is 276 g/mol. The van der Waals surface area contributed by atoms with Crippen LogP contribution in [0.15, 0.2) is 30.3 Å². The quantitative estimate of drug-likeness (QED) is 0.814. The molecular formula is C14H20N4S. The first kappa shape index (κ1) is 14.0. The van der Waals surface area contributed by atoms with E-state index in [9.17, 15) is 0 Å². The predicted octanol–water partition coefficient (Wildman–Crippen LogP) is 2.27. The van der Waals surface area contributed by atoms with Crippen LogP contribution in [-0.4, -0.2) is 22.8 Å². The van der Waals surface area contributed by atoms with Crippen LogP contribution in [0, 0.1) is 0 Å². The van der Waals surface area contributed by atoms with E-state index in [4.69, 9.17) is 5.73 Å². The number of nitrogens with zero attached hydrogens (tertiary/aromatic N) is 2. The Kier molecular flexibility index (Phi) is 5.30. The van der Waals surface area contributed by atoms with Crippen molar-refractivity contribution in [1.29, 1.82) is 0 Å². The van der Waals surface area contributed by atoms with Crippen LogP contribution in [0.2, 0.25) is 0 Å². The zero-order valence-electron chi connectivity index (χ0n) is 11.2. The molecule has 0 aliphatic heterocycles. The van der Waals surface area contributed by atoms with Crippen LogP contribution in [-0.2, 0) is 12.8 Å². The molecule has 1 aromatic heterocycles. The number of nitrogens with two attached hydrogens (primary N) is 1. The fourth-order valence-electron chi connectivity index (χ4n) is 1.92. The van der Waals surface area contributed by atoms with Gasteiger partial charge in [0.05, 0.1) is 0 Å². The maximum atomic E-state index is 5.55. The number of benzene rings is 1. The number of nitrogens with one attached hydrogen (secondary N) is 1. The number of aromatic nitrogens is 2. The van der Waals surface area contributed by atoms with Crippen LogP contribution in [0.25, 0.3) is 0 Å². The fraction of sp³-hybridized carbons (Fsp3) is 0.429. The third kappa shape index (κ3) is 4.96. The summed E-state index contributed by atoms with van der Waals surface area (Å²) in [5.74, 6) is 0. The largest absolute Gasteiger partial charge is 0.374 e. The zero-order valence-corrected chi connectivity index (χ0v) is 12.0. The second-order valence-electron chi connectivity index (χ2n) is 4.66. The van der Waals surface area contributed by atoms with Gasteiger partial charge in [-0.2, -0.15) is 0 Å². The molecule has 0 spiro atoms. The molecule has 102 valence electrons. The van der Waals surface area contributed by atoms with Gasteiger partial charge in [0.1, 0.15) is 5.01 Å². The Balaban J connectivity index is 1.63.